The molecule has 1 aliphatic carbocycles. The highest BCUT2D eigenvalue weighted by atomic mass is 16.6. The molecule has 0 saturated heterocycles. The fourth-order valence-electron chi connectivity index (χ4n) is 2.46. The summed E-state index contributed by atoms with van der Waals surface area (Å²) in [5, 5.41) is 13.1. The zero-order valence-electron chi connectivity index (χ0n) is 9.69. The highest BCUT2D eigenvalue weighted by Crippen LogP contribution is 2.33. The first-order valence-corrected chi connectivity index (χ1v) is 6.17. The molecule has 0 aromatic heterocycles. The van der Waals surface area contributed by atoms with Gasteiger partial charge in [0.05, 0.1) is 12.1 Å². The van der Waals surface area contributed by atoms with Crippen LogP contribution in [0.4, 0.5) is 5.69 Å². The number of benzene rings is 1. The van der Waals surface area contributed by atoms with E-state index in [1.807, 2.05) is 18.2 Å². The van der Waals surface area contributed by atoms with E-state index in [4.69, 9.17) is 9.47 Å². The largest absolute Gasteiger partial charge is 0.486 e. The highest BCUT2D eigenvalue weighted by molar-refractivity contribution is 5.55. The molecule has 17 heavy (non-hydrogen) atoms. The van der Waals surface area contributed by atoms with E-state index in [2.05, 4.69) is 5.32 Å². The third-order valence-corrected chi connectivity index (χ3v) is 3.37. The number of nitrogens with one attached hydrogen (secondary N) is 1. The molecular formula is C13H17NO3. The summed E-state index contributed by atoms with van der Waals surface area (Å²) in [5.74, 6) is 1.59. The fraction of sp³-hybridized carbons (Fsp3) is 0.538. The molecule has 1 heterocycles. The monoisotopic (exact) mass is 235 g/mol. The van der Waals surface area contributed by atoms with Gasteiger partial charge in [-0.2, -0.15) is 0 Å². The summed E-state index contributed by atoms with van der Waals surface area (Å²) in [6.45, 7) is 1.21. The number of aliphatic hydroxyl groups is 1. The van der Waals surface area contributed by atoms with Gasteiger partial charge in [0.15, 0.2) is 11.5 Å². The van der Waals surface area contributed by atoms with Crippen LogP contribution in [-0.2, 0) is 0 Å². The molecule has 2 N–H and O–H groups in total. The van der Waals surface area contributed by atoms with Crippen molar-refractivity contribution in [3.8, 4) is 11.5 Å². The van der Waals surface area contributed by atoms with Crippen molar-refractivity contribution in [2.75, 3.05) is 18.5 Å². The molecular weight excluding hydrogens is 218 g/mol. The second-order valence-electron chi connectivity index (χ2n) is 4.61. The molecule has 2 atom stereocenters. The van der Waals surface area contributed by atoms with Gasteiger partial charge in [-0.25, -0.2) is 0 Å². The van der Waals surface area contributed by atoms with E-state index in [1.165, 1.54) is 0 Å². The van der Waals surface area contributed by atoms with Gasteiger partial charge in [0.25, 0.3) is 0 Å². The highest BCUT2D eigenvalue weighted by Gasteiger charge is 2.25. The molecule has 0 unspecified atom stereocenters. The van der Waals surface area contributed by atoms with Crippen LogP contribution in [-0.4, -0.2) is 30.5 Å². The SMILES string of the molecule is O[C@H]1CCC[C@@H]1Nc1ccc2c(c1)OCCO2. The second-order valence-corrected chi connectivity index (χ2v) is 4.61. The third kappa shape index (κ3) is 2.17. The minimum atomic E-state index is -0.233. The van der Waals surface area contributed by atoms with E-state index in [0.29, 0.717) is 13.2 Å². The predicted octanol–water partition coefficient (Wildman–Crippen LogP) is 1.78. The number of anilines is 1. The second kappa shape index (κ2) is 4.45. The number of aliphatic hydroxyl groups excluding tert-OH is 1. The number of hydrogen-bond donors (Lipinski definition) is 2. The van der Waals surface area contributed by atoms with Gasteiger partial charge >= 0.3 is 0 Å². The average Bonchev–Trinajstić information content (AvgIpc) is 2.75. The average molecular weight is 235 g/mol. The first kappa shape index (κ1) is 10.7. The Hall–Kier alpha value is -1.42. The van der Waals surface area contributed by atoms with Crippen molar-refractivity contribution in [1.82, 2.24) is 0 Å². The van der Waals surface area contributed by atoms with Crippen molar-refractivity contribution in [2.24, 2.45) is 0 Å². The number of hydrogen-bond acceptors (Lipinski definition) is 4. The maximum Gasteiger partial charge on any atom is 0.163 e. The summed E-state index contributed by atoms with van der Waals surface area (Å²) < 4.78 is 11.0. The third-order valence-electron chi connectivity index (χ3n) is 3.37. The van der Waals surface area contributed by atoms with E-state index in [0.717, 1.165) is 36.4 Å². The molecule has 1 fully saturated rings. The van der Waals surface area contributed by atoms with Gasteiger partial charge in [-0.15, -0.1) is 0 Å². The zero-order chi connectivity index (χ0) is 11.7. The van der Waals surface area contributed by atoms with Gasteiger partial charge in [0.1, 0.15) is 13.2 Å². The van der Waals surface area contributed by atoms with Gasteiger partial charge in [0, 0.05) is 11.8 Å². The van der Waals surface area contributed by atoms with Crippen LogP contribution in [0.1, 0.15) is 19.3 Å². The Bertz CT molecular complexity index is 408. The molecule has 1 aromatic rings. The summed E-state index contributed by atoms with van der Waals surface area (Å²) in [4.78, 5) is 0. The van der Waals surface area contributed by atoms with Crippen molar-refractivity contribution in [2.45, 2.75) is 31.4 Å². The topological polar surface area (TPSA) is 50.7 Å². The van der Waals surface area contributed by atoms with Gasteiger partial charge in [-0.1, -0.05) is 0 Å². The first-order valence-electron chi connectivity index (χ1n) is 6.17. The van der Waals surface area contributed by atoms with Crippen molar-refractivity contribution >= 4 is 5.69 Å². The molecule has 4 heteroatoms. The molecule has 1 aliphatic heterocycles. The standard InChI is InChI=1S/C13H17NO3/c15-11-3-1-2-10(11)14-9-4-5-12-13(8-9)17-7-6-16-12/h4-5,8,10-11,14-15H,1-3,6-7H2/t10-,11-/m0/s1. The Labute approximate surface area is 101 Å². The van der Waals surface area contributed by atoms with Gasteiger partial charge in [-0.05, 0) is 31.4 Å². The number of ether oxygens (including phenoxy) is 2. The van der Waals surface area contributed by atoms with Crippen molar-refractivity contribution in [1.29, 1.82) is 0 Å². The maximum atomic E-state index is 9.77. The van der Waals surface area contributed by atoms with Crippen LogP contribution in [0.15, 0.2) is 18.2 Å². The van der Waals surface area contributed by atoms with E-state index in [-0.39, 0.29) is 12.1 Å². The molecule has 0 bridgehead atoms. The zero-order valence-corrected chi connectivity index (χ0v) is 9.69. The Morgan fingerprint density at radius 3 is 2.71 bits per heavy atom. The quantitative estimate of drug-likeness (QED) is 0.820. The Morgan fingerprint density at radius 2 is 1.94 bits per heavy atom. The van der Waals surface area contributed by atoms with E-state index in [1.54, 1.807) is 0 Å². The van der Waals surface area contributed by atoms with E-state index in [9.17, 15) is 5.11 Å². The van der Waals surface area contributed by atoms with Crippen molar-refractivity contribution in [3.63, 3.8) is 0 Å². The van der Waals surface area contributed by atoms with Gasteiger partial charge in [-0.3, -0.25) is 0 Å². The molecule has 0 amide bonds. The van der Waals surface area contributed by atoms with Crippen LogP contribution < -0.4 is 14.8 Å². The van der Waals surface area contributed by atoms with Crippen LogP contribution in [0.3, 0.4) is 0 Å². The minimum absolute atomic E-state index is 0.164. The molecule has 1 saturated carbocycles. The summed E-state index contributed by atoms with van der Waals surface area (Å²) in [5.41, 5.74) is 0.986. The smallest absolute Gasteiger partial charge is 0.163 e. The lowest BCUT2D eigenvalue weighted by Gasteiger charge is -2.21. The summed E-state index contributed by atoms with van der Waals surface area (Å²) in [7, 11) is 0. The Balaban J connectivity index is 1.75. The number of rotatable bonds is 2. The molecule has 2 aliphatic rings. The van der Waals surface area contributed by atoms with Crippen LogP contribution in [0, 0.1) is 0 Å². The maximum absolute atomic E-state index is 9.77. The van der Waals surface area contributed by atoms with Crippen molar-refractivity contribution in [3.05, 3.63) is 18.2 Å². The molecule has 0 spiro atoms. The molecule has 1 aromatic carbocycles. The Kier molecular flexibility index (Phi) is 2.81. The lowest BCUT2D eigenvalue weighted by molar-refractivity contribution is 0.170. The van der Waals surface area contributed by atoms with Crippen LogP contribution in [0.2, 0.25) is 0 Å². The summed E-state index contributed by atoms with van der Waals surface area (Å²) >= 11 is 0. The molecule has 0 radical (unpaired) electrons. The lowest BCUT2D eigenvalue weighted by atomic mass is 10.2. The minimum Gasteiger partial charge on any atom is -0.486 e. The lowest BCUT2D eigenvalue weighted by Crippen LogP contribution is -2.28. The van der Waals surface area contributed by atoms with Gasteiger partial charge in [0.2, 0.25) is 0 Å². The first-order chi connectivity index (χ1) is 8.33. The van der Waals surface area contributed by atoms with Crippen LogP contribution in [0.5, 0.6) is 11.5 Å². The van der Waals surface area contributed by atoms with E-state index >= 15 is 0 Å². The fourth-order valence-corrected chi connectivity index (χ4v) is 2.46. The molecule has 3 rings (SSSR count). The van der Waals surface area contributed by atoms with Crippen molar-refractivity contribution < 1.29 is 14.6 Å². The van der Waals surface area contributed by atoms with Crippen LogP contribution >= 0.6 is 0 Å². The summed E-state index contributed by atoms with van der Waals surface area (Å²) in [6.07, 6.45) is 2.77. The van der Waals surface area contributed by atoms with Gasteiger partial charge < -0.3 is 19.9 Å². The predicted molar refractivity (Wildman–Crippen MR) is 64.7 cm³/mol. The van der Waals surface area contributed by atoms with Crippen LogP contribution in [0.25, 0.3) is 0 Å². The Morgan fingerprint density at radius 1 is 1.12 bits per heavy atom. The molecule has 92 valence electrons. The molecule has 4 nitrogen and oxygen atoms in total. The normalized spacial score (nSPS) is 26.9. The van der Waals surface area contributed by atoms with E-state index < -0.39 is 0 Å². The number of fused-ring (bicyclic) bond motifs is 1. The summed E-state index contributed by atoms with van der Waals surface area (Å²) in [6, 6.07) is 5.99.